The molecule has 0 saturated heterocycles. The van der Waals surface area contributed by atoms with E-state index in [9.17, 15) is 9.18 Å². The minimum atomic E-state index is -0.181. The van der Waals surface area contributed by atoms with E-state index in [1.165, 1.54) is 24.5 Å². The highest BCUT2D eigenvalue weighted by molar-refractivity contribution is 5.75. The minimum absolute atomic E-state index is 0.181. The molecule has 3 rings (SSSR count). The molecule has 1 saturated carbocycles. The van der Waals surface area contributed by atoms with Crippen LogP contribution in [0.2, 0.25) is 0 Å². The Morgan fingerprint density at radius 1 is 1.19 bits per heavy atom. The zero-order valence-corrected chi connectivity index (χ0v) is 15.9. The Bertz CT molecular complexity index is 809. The predicted octanol–water partition coefficient (Wildman–Crippen LogP) is 2.75. The monoisotopic (exact) mass is 371 g/mol. The Morgan fingerprint density at radius 3 is 2.63 bits per heavy atom. The second kappa shape index (κ2) is 8.37. The van der Waals surface area contributed by atoms with Crippen molar-refractivity contribution in [3.63, 3.8) is 0 Å². The van der Waals surface area contributed by atoms with Crippen LogP contribution in [0.1, 0.15) is 35.4 Å². The Hall–Kier alpha value is -2.64. The van der Waals surface area contributed by atoms with Crippen LogP contribution in [0.3, 0.4) is 0 Å². The van der Waals surface area contributed by atoms with Gasteiger partial charge in [0.05, 0.1) is 11.4 Å². The van der Waals surface area contributed by atoms with Crippen molar-refractivity contribution in [2.45, 2.75) is 32.2 Å². The number of rotatable bonds is 9. The summed E-state index contributed by atoms with van der Waals surface area (Å²) in [5.41, 5.74) is 12.9. The average Bonchev–Trinajstić information content (AvgIpc) is 3.50. The normalized spacial score (nSPS) is 13.3. The average molecular weight is 371 g/mol. The second-order valence-corrected chi connectivity index (χ2v) is 6.93. The van der Waals surface area contributed by atoms with Gasteiger partial charge in [-0.3, -0.25) is 15.2 Å². The lowest BCUT2D eigenvalue weighted by Gasteiger charge is -2.30. The van der Waals surface area contributed by atoms with Crippen molar-refractivity contribution in [2.75, 3.05) is 24.0 Å². The number of halogens is 1. The Morgan fingerprint density at radius 2 is 1.93 bits per heavy atom. The number of para-hydroxylation sites is 1. The lowest BCUT2D eigenvalue weighted by Crippen LogP contribution is -2.51. The molecule has 0 bridgehead atoms. The minimum Gasteiger partial charge on any atom is -0.368 e. The number of amides is 1. The number of carbonyl (C=O) groups excluding carboxylic acids is 1. The van der Waals surface area contributed by atoms with Crippen LogP contribution in [0, 0.1) is 12.7 Å². The van der Waals surface area contributed by atoms with Crippen molar-refractivity contribution in [2.24, 2.45) is 0 Å². The van der Waals surface area contributed by atoms with Gasteiger partial charge in [0.1, 0.15) is 5.82 Å². The van der Waals surface area contributed by atoms with Gasteiger partial charge in [0.2, 0.25) is 6.41 Å². The maximum absolute atomic E-state index is 13.9. The molecule has 0 atom stereocenters. The molecular formula is C20H26FN5O. The smallest absolute Gasteiger partial charge is 0.222 e. The fraction of sp³-hybridized carbons (Fsp3) is 0.350. The molecule has 0 aliphatic heterocycles. The third kappa shape index (κ3) is 4.37. The van der Waals surface area contributed by atoms with Crippen molar-refractivity contribution >= 4 is 17.8 Å². The number of anilines is 2. The summed E-state index contributed by atoms with van der Waals surface area (Å²) in [7, 11) is 3.90. The number of carbonyl (C=O) groups is 1. The fourth-order valence-electron chi connectivity index (χ4n) is 3.32. The molecule has 27 heavy (non-hydrogen) atoms. The first-order valence-corrected chi connectivity index (χ1v) is 9.04. The second-order valence-electron chi connectivity index (χ2n) is 6.93. The van der Waals surface area contributed by atoms with Crippen LogP contribution in [0.15, 0.2) is 36.4 Å². The van der Waals surface area contributed by atoms with E-state index >= 15 is 0 Å². The largest absolute Gasteiger partial charge is 0.368 e. The molecule has 2 aromatic rings. The van der Waals surface area contributed by atoms with Crippen molar-refractivity contribution < 1.29 is 9.18 Å². The number of hydrogen-bond acceptors (Lipinski definition) is 5. The van der Waals surface area contributed by atoms with Gasteiger partial charge in [-0.1, -0.05) is 24.3 Å². The van der Waals surface area contributed by atoms with Crippen molar-refractivity contribution in [1.82, 2.24) is 16.5 Å². The van der Waals surface area contributed by atoms with Crippen LogP contribution < -0.4 is 26.4 Å². The molecule has 1 aliphatic carbocycles. The standard InChI is InChI=1S/C20H26FN5O/c1-14-16(6-4-8-18(14)21)12-25(2)20-17(15-10-11-15)7-5-9-19(20)26(3)24-23-22-13-27/h4-9,13,15,23-24H,10-12H2,1-3H3,(H,22,27). The van der Waals surface area contributed by atoms with Crippen LogP contribution in [0.25, 0.3) is 0 Å². The lowest BCUT2D eigenvalue weighted by atomic mass is 10.0. The number of hydrogen-bond donors (Lipinski definition) is 3. The van der Waals surface area contributed by atoms with Gasteiger partial charge in [-0.15, -0.1) is 0 Å². The molecule has 0 unspecified atom stereocenters. The van der Waals surface area contributed by atoms with Crippen molar-refractivity contribution in [3.8, 4) is 0 Å². The van der Waals surface area contributed by atoms with E-state index in [1.54, 1.807) is 6.07 Å². The molecule has 0 spiro atoms. The first-order chi connectivity index (χ1) is 13.0. The van der Waals surface area contributed by atoms with E-state index in [0.29, 0.717) is 24.4 Å². The van der Waals surface area contributed by atoms with Crippen molar-refractivity contribution in [3.05, 3.63) is 58.9 Å². The van der Waals surface area contributed by atoms with Crippen molar-refractivity contribution in [1.29, 1.82) is 0 Å². The Labute approximate surface area is 159 Å². The molecule has 0 aromatic heterocycles. The number of nitrogens with zero attached hydrogens (tertiary/aromatic N) is 2. The Kier molecular flexibility index (Phi) is 5.93. The number of benzene rings is 2. The number of nitrogens with one attached hydrogen (secondary N) is 3. The van der Waals surface area contributed by atoms with E-state index in [2.05, 4.69) is 27.5 Å². The summed E-state index contributed by atoms with van der Waals surface area (Å²) in [6.45, 7) is 2.42. The summed E-state index contributed by atoms with van der Waals surface area (Å²) in [5, 5.41) is 1.81. The molecule has 0 heterocycles. The molecule has 2 aromatic carbocycles. The van der Waals surface area contributed by atoms with Gasteiger partial charge >= 0.3 is 0 Å². The van der Waals surface area contributed by atoms with Crippen LogP contribution in [-0.2, 0) is 11.3 Å². The SMILES string of the molecule is Cc1c(F)cccc1CN(C)c1c(C2CC2)cccc1N(C)NNNC=O. The first-order valence-electron chi connectivity index (χ1n) is 9.04. The molecule has 144 valence electrons. The molecule has 7 heteroatoms. The fourth-order valence-corrected chi connectivity index (χ4v) is 3.32. The molecular weight excluding hydrogens is 345 g/mol. The van der Waals surface area contributed by atoms with Crippen LogP contribution in [-0.4, -0.2) is 20.5 Å². The lowest BCUT2D eigenvalue weighted by molar-refractivity contribution is -0.110. The molecule has 1 fully saturated rings. The van der Waals surface area contributed by atoms with E-state index < -0.39 is 0 Å². The zero-order valence-electron chi connectivity index (χ0n) is 15.9. The molecule has 1 aliphatic rings. The van der Waals surface area contributed by atoms with Gasteiger partial charge in [0.15, 0.2) is 0 Å². The summed E-state index contributed by atoms with van der Waals surface area (Å²) in [4.78, 5) is 12.6. The van der Waals surface area contributed by atoms with E-state index in [0.717, 1.165) is 16.9 Å². The summed E-state index contributed by atoms with van der Waals surface area (Å²) in [6.07, 6.45) is 2.93. The third-order valence-electron chi connectivity index (χ3n) is 4.95. The highest BCUT2D eigenvalue weighted by Crippen LogP contribution is 2.47. The van der Waals surface area contributed by atoms with Gasteiger partial charge in [-0.2, -0.15) is 11.1 Å². The summed E-state index contributed by atoms with van der Waals surface area (Å²) in [6, 6.07) is 11.4. The Balaban J connectivity index is 1.91. The van der Waals surface area contributed by atoms with E-state index in [-0.39, 0.29) is 5.82 Å². The van der Waals surface area contributed by atoms with Crippen LogP contribution >= 0.6 is 0 Å². The van der Waals surface area contributed by atoms with Gasteiger partial charge in [0, 0.05) is 20.6 Å². The summed E-state index contributed by atoms with van der Waals surface area (Å²) >= 11 is 0. The van der Waals surface area contributed by atoms with Crippen LogP contribution in [0.5, 0.6) is 0 Å². The maximum Gasteiger partial charge on any atom is 0.222 e. The van der Waals surface area contributed by atoms with Gasteiger partial charge < -0.3 is 4.90 Å². The summed E-state index contributed by atoms with van der Waals surface area (Å²) in [5.74, 6) is 0.380. The molecule has 0 radical (unpaired) electrons. The first kappa shape index (κ1) is 19.1. The predicted molar refractivity (Wildman–Crippen MR) is 106 cm³/mol. The van der Waals surface area contributed by atoms with Crippen LogP contribution in [0.4, 0.5) is 15.8 Å². The highest BCUT2D eigenvalue weighted by Gasteiger charge is 2.29. The molecule has 1 amide bonds. The van der Waals surface area contributed by atoms with E-state index in [1.807, 2.05) is 44.2 Å². The van der Waals surface area contributed by atoms with Gasteiger partial charge in [0.25, 0.3) is 0 Å². The third-order valence-corrected chi connectivity index (χ3v) is 4.95. The molecule has 6 nitrogen and oxygen atoms in total. The topological polar surface area (TPSA) is 59.6 Å². The van der Waals surface area contributed by atoms with E-state index in [4.69, 9.17) is 0 Å². The quantitative estimate of drug-likeness (QED) is 0.359. The number of hydrazine groups is 3. The molecule has 3 N–H and O–H groups in total. The summed E-state index contributed by atoms with van der Waals surface area (Å²) < 4.78 is 13.9. The highest BCUT2D eigenvalue weighted by atomic mass is 19.1. The maximum atomic E-state index is 13.9. The van der Waals surface area contributed by atoms with Gasteiger partial charge in [-0.05, 0) is 54.5 Å². The van der Waals surface area contributed by atoms with Gasteiger partial charge in [-0.25, -0.2) is 4.39 Å². The zero-order chi connectivity index (χ0) is 19.4.